The number of nitrogens with one attached hydrogen (secondary N) is 2. The minimum absolute atomic E-state index is 0.0329. The number of sulfonamides is 1. The van der Waals surface area contributed by atoms with E-state index in [2.05, 4.69) is 10.0 Å². The fourth-order valence-corrected chi connectivity index (χ4v) is 3.68. The second kappa shape index (κ2) is 7.35. The molecular formula is C18H20N2O5S. The van der Waals surface area contributed by atoms with Crippen molar-refractivity contribution in [2.45, 2.75) is 23.8 Å². The lowest BCUT2D eigenvalue weighted by atomic mass is 10.2. The normalized spacial score (nSPS) is 13.9. The standard InChI is InChI=1S/C18H20N2O5S/c1-24-14-7-10-16(17(11-14)25-2)19-18(21)12-3-8-15(9-4-12)26(22,23)20-13-5-6-13/h3-4,7-11,13,20H,5-6H2,1-2H3,(H,19,21). The monoisotopic (exact) mass is 376 g/mol. The summed E-state index contributed by atoms with van der Waals surface area (Å²) in [6.07, 6.45) is 1.73. The minimum Gasteiger partial charge on any atom is -0.497 e. The first-order chi connectivity index (χ1) is 12.4. The lowest BCUT2D eigenvalue weighted by Gasteiger charge is -2.12. The summed E-state index contributed by atoms with van der Waals surface area (Å²) in [5.74, 6) is 0.704. The Morgan fingerprint density at radius 3 is 2.31 bits per heavy atom. The van der Waals surface area contributed by atoms with E-state index in [-0.39, 0.29) is 16.8 Å². The molecule has 8 heteroatoms. The smallest absolute Gasteiger partial charge is 0.255 e. The molecule has 0 heterocycles. The molecule has 3 rings (SSSR count). The summed E-state index contributed by atoms with van der Waals surface area (Å²) >= 11 is 0. The lowest BCUT2D eigenvalue weighted by Crippen LogP contribution is -2.25. The van der Waals surface area contributed by atoms with Crippen LogP contribution in [0.3, 0.4) is 0 Å². The zero-order valence-electron chi connectivity index (χ0n) is 14.5. The third-order valence-electron chi connectivity index (χ3n) is 3.98. The van der Waals surface area contributed by atoms with E-state index in [1.807, 2.05) is 0 Å². The molecule has 0 aromatic heterocycles. The Balaban J connectivity index is 1.74. The molecule has 2 aromatic rings. The van der Waals surface area contributed by atoms with Crippen molar-refractivity contribution in [1.82, 2.24) is 4.72 Å². The van der Waals surface area contributed by atoms with E-state index in [1.165, 1.54) is 31.4 Å². The maximum Gasteiger partial charge on any atom is 0.255 e. The molecule has 0 radical (unpaired) electrons. The number of methoxy groups -OCH3 is 2. The quantitative estimate of drug-likeness (QED) is 0.774. The Morgan fingerprint density at radius 1 is 1.04 bits per heavy atom. The van der Waals surface area contributed by atoms with Crippen molar-refractivity contribution in [3.05, 3.63) is 48.0 Å². The molecule has 1 aliphatic rings. The van der Waals surface area contributed by atoms with Gasteiger partial charge in [0.15, 0.2) is 0 Å². The molecule has 0 saturated heterocycles. The number of anilines is 1. The summed E-state index contributed by atoms with van der Waals surface area (Å²) in [5.41, 5.74) is 0.832. The van der Waals surface area contributed by atoms with E-state index < -0.39 is 10.0 Å². The molecule has 138 valence electrons. The van der Waals surface area contributed by atoms with E-state index in [1.54, 1.807) is 25.3 Å². The lowest BCUT2D eigenvalue weighted by molar-refractivity contribution is 0.102. The van der Waals surface area contributed by atoms with Crippen LogP contribution in [0.15, 0.2) is 47.4 Å². The molecule has 2 N–H and O–H groups in total. The van der Waals surface area contributed by atoms with E-state index in [0.29, 0.717) is 22.7 Å². The van der Waals surface area contributed by atoms with Gasteiger partial charge in [-0.05, 0) is 49.2 Å². The van der Waals surface area contributed by atoms with Gasteiger partial charge in [-0.3, -0.25) is 4.79 Å². The van der Waals surface area contributed by atoms with Gasteiger partial charge in [0.05, 0.1) is 24.8 Å². The van der Waals surface area contributed by atoms with E-state index in [0.717, 1.165) is 12.8 Å². The predicted molar refractivity (Wildman–Crippen MR) is 97.3 cm³/mol. The summed E-state index contributed by atoms with van der Waals surface area (Å²) in [7, 11) is -0.493. The van der Waals surface area contributed by atoms with Gasteiger partial charge in [0.25, 0.3) is 5.91 Å². The van der Waals surface area contributed by atoms with Crippen LogP contribution in [0.1, 0.15) is 23.2 Å². The van der Waals surface area contributed by atoms with Crippen LogP contribution in [0, 0.1) is 0 Å². The van der Waals surface area contributed by atoms with Gasteiger partial charge in [-0.15, -0.1) is 0 Å². The molecule has 0 spiro atoms. The highest BCUT2D eigenvalue weighted by Gasteiger charge is 2.28. The Hall–Kier alpha value is -2.58. The number of amides is 1. The highest BCUT2D eigenvalue weighted by atomic mass is 32.2. The van der Waals surface area contributed by atoms with Gasteiger partial charge < -0.3 is 14.8 Å². The van der Waals surface area contributed by atoms with Gasteiger partial charge in [-0.2, -0.15) is 0 Å². The van der Waals surface area contributed by atoms with Gasteiger partial charge in [-0.25, -0.2) is 13.1 Å². The maximum atomic E-state index is 12.4. The number of ether oxygens (including phenoxy) is 2. The van der Waals surface area contributed by atoms with Crippen LogP contribution < -0.4 is 19.5 Å². The number of hydrogen-bond donors (Lipinski definition) is 2. The maximum absolute atomic E-state index is 12.4. The topological polar surface area (TPSA) is 93.7 Å². The summed E-state index contributed by atoms with van der Waals surface area (Å²) in [4.78, 5) is 12.6. The fraction of sp³-hybridized carbons (Fsp3) is 0.278. The molecule has 1 saturated carbocycles. The number of carbonyl (C=O) groups is 1. The Labute approximate surface area is 152 Å². The summed E-state index contributed by atoms with van der Waals surface area (Å²) < 4.78 is 37.3. The predicted octanol–water partition coefficient (Wildman–Crippen LogP) is 2.40. The van der Waals surface area contributed by atoms with Crippen molar-refractivity contribution < 1.29 is 22.7 Å². The number of hydrogen-bond acceptors (Lipinski definition) is 5. The number of rotatable bonds is 7. The molecule has 0 bridgehead atoms. The first kappa shape index (κ1) is 18.2. The number of benzene rings is 2. The average molecular weight is 376 g/mol. The highest BCUT2D eigenvalue weighted by Crippen LogP contribution is 2.29. The number of carbonyl (C=O) groups excluding carboxylic acids is 1. The van der Waals surface area contributed by atoms with Crippen molar-refractivity contribution in [3.8, 4) is 11.5 Å². The van der Waals surface area contributed by atoms with Gasteiger partial charge >= 0.3 is 0 Å². The van der Waals surface area contributed by atoms with Crippen LogP contribution >= 0.6 is 0 Å². The van der Waals surface area contributed by atoms with E-state index >= 15 is 0 Å². The molecule has 7 nitrogen and oxygen atoms in total. The second-order valence-corrected chi connectivity index (χ2v) is 7.65. The molecule has 0 atom stereocenters. The molecule has 1 amide bonds. The van der Waals surface area contributed by atoms with Gasteiger partial charge in [-0.1, -0.05) is 0 Å². The second-order valence-electron chi connectivity index (χ2n) is 5.94. The van der Waals surface area contributed by atoms with Crippen molar-refractivity contribution in [1.29, 1.82) is 0 Å². The fourth-order valence-electron chi connectivity index (χ4n) is 2.37. The van der Waals surface area contributed by atoms with Crippen molar-refractivity contribution in [3.63, 3.8) is 0 Å². The van der Waals surface area contributed by atoms with Crippen LogP contribution in [0.25, 0.3) is 0 Å². The van der Waals surface area contributed by atoms with Crippen LogP contribution in [-0.4, -0.2) is 34.6 Å². The summed E-state index contributed by atoms with van der Waals surface area (Å²) in [6, 6.07) is 10.9. The van der Waals surface area contributed by atoms with Crippen LogP contribution in [-0.2, 0) is 10.0 Å². The molecule has 2 aromatic carbocycles. The molecule has 0 unspecified atom stereocenters. The van der Waals surface area contributed by atoms with Gasteiger partial charge in [0.2, 0.25) is 10.0 Å². The zero-order chi connectivity index (χ0) is 18.7. The molecule has 1 fully saturated rings. The van der Waals surface area contributed by atoms with Gasteiger partial charge in [0, 0.05) is 17.7 Å². The summed E-state index contributed by atoms with van der Waals surface area (Å²) in [6.45, 7) is 0. The largest absolute Gasteiger partial charge is 0.497 e. The third kappa shape index (κ3) is 4.14. The SMILES string of the molecule is COc1ccc(NC(=O)c2ccc(S(=O)(=O)NC3CC3)cc2)c(OC)c1. The minimum atomic E-state index is -3.53. The van der Waals surface area contributed by atoms with Crippen molar-refractivity contribution in [2.75, 3.05) is 19.5 Å². The third-order valence-corrected chi connectivity index (χ3v) is 5.52. The van der Waals surface area contributed by atoms with E-state index in [4.69, 9.17) is 9.47 Å². The molecule has 26 heavy (non-hydrogen) atoms. The molecular weight excluding hydrogens is 356 g/mol. The Bertz CT molecular complexity index is 906. The Morgan fingerprint density at radius 2 is 1.73 bits per heavy atom. The highest BCUT2D eigenvalue weighted by molar-refractivity contribution is 7.89. The first-order valence-electron chi connectivity index (χ1n) is 8.09. The van der Waals surface area contributed by atoms with E-state index in [9.17, 15) is 13.2 Å². The van der Waals surface area contributed by atoms with Crippen LogP contribution in [0.4, 0.5) is 5.69 Å². The first-order valence-corrected chi connectivity index (χ1v) is 9.57. The summed E-state index contributed by atoms with van der Waals surface area (Å²) in [5, 5.41) is 2.74. The molecule has 0 aliphatic heterocycles. The average Bonchev–Trinajstić information content (AvgIpc) is 3.45. The van der Waals surface area contributed by atoms with Crippen LogP contribution in [0.2, 0.25) is 0 Å². The van der Waals surface area contributed by atoms with Crippen molar-refractivity contribution in [2.24, 2.45) is 0 Å². The molecule has 1 aliphatic carbocycles. The van der Waals surface area contributed by atoms with Crippen molar-refractivity contribution >= 4 is 21.6 Å². The van der Waals surface area contributed by atoms with Gasteiger partial charge in [0.1, 0.15) is 11.5 Å². The zero-order valence-corrected chi connectivity index (χ0v) is 15.3. The Kier molecular flexibility index (Phi) is 5.15. The van der Waals surface area contributed by atoms with Crippen LogP contribution in [0.5, 0.6) is 11.5 Å².